The highest BCUT2D eigenvalue weighted by Crippen LogP contribution is 2.25. The number of rotatable bonds is 7. The molecule has 2 aromatic carbocycles. The molecule has 0 saturated heterocycles. The first-order chi connectivity index (χ1) is 13.8. The maximum atomic E-state index is 14.1. The standard InChI is InChI=1S/C20H18FN5O2/c1-27-16-8-4-5-9-17(16)28-13-12-22-18-10-11-19-23-24-20(26(19)25-18)14-6-2-3-7-15(14)21/h2-11H,12-13H2,1H3,(H,22,25). The number of nitrogens with zero attached hydrogens (tertiary/aromatic N) is 4. The summed E-state index contributed by atoms with van der Waals surface area (Å²) in [6, 6.07) is 17.4. The van der Waals surface area contributed by atoms with Crippen molar-refractivity contribution in [2.24, 2.45) is 0 Å². The summed E-state index contributed by atoms with van der Waals surface area (Å²) >= 11 is 0. The molecule has 2 aromatic heterocycles. The molecule has 7 nitrogen and oxygen atoms in total. The van der Waals surface area contributed by atoms with Crippen LogP contribution in [0, 0.1) is 5.82 Å². The van der Waals surface area contributed by atoms with E-state index in [0.29, 0.717) is 47.5 Å². The van der Waals surface area contributed by atoms with Gasteiger partial charge in [0.2, 0.25) is 0 Å². The molecule has 4 rings (SSSR count). The van der Waals surface area contributed by atoms with Crippen LogP contribution in [-0.2, 0) is 0 Å². The molecule has 2 heterocycles. The summed E-state index contributed by atoms with van der Waals surface area (Å²) in [5.74, 6) is 1.94. The number of halogens is 1. The van der Waals surface area contributed by atoms with E-state index in [4.69, 9.17) is 9.47 Å². The van der Waals surface area contributed by atoms with Crippen LogP contribution in [-0.4, -0.2) is 40.1 Å². The van der Waals surface area contributed by atoms with Gasteiger partial charge in [-0.05, 0) is 36.4 Å². The lowest BCUT2D eigenvalue weighted by Gasteiger charge is -2.11. The van der Waals surface area contributed by atoms with Crippen LogP contribution in [0.1, 0.15) is 0 Å². The zero-order chi connectivity index (χ0) is 19.3. The van der Waals surface area contributed by atoms with Gasteiger partial charge in [0, 0.05) is 0 Å². The van der Waals surface area contributed by atoms with Crippen LogP contribution in [0.3, 0.4) is 0 Å². The fraction of sp³-hybridized carbons (Fsp3) is 0.150. The third-order valence-corrected chi connectivity index (χ3v) is 4.11. The number of fused-ring (bicyclic) bond motifs is 1. The molecule has 0 aliphatic carbocycles. The number of aromatic nitrogens is 4. The topological polar surface area (TPSA) is 73.6 Å². The molecule has 0 radical (unpaired) electrons. The lowest BCUT2D eigenvalue weighted by molar-refractivity contribution is 0.305. The summed E-state index contributed by atoms with van der Waals surface area (Å²) in [6.45, 7) is 0.941. The van der Waals surface area contributed by atoms with E-state index < -0.39 is 0 Å². The highest BCUT2D eigenvalue weighted by molar-refractivity contribution is 5.60. The lowest BCUT2D eigenvalue weighted by Crippen LogP contribution is -2.13. The number of nitrogens with one attached hydrogen (secondary N) is 1. The molecule has 0 bridgehead atoms. The van der Waals surface area contributed by atoms with Crippen LogP contribution >= 0.6 is 0 Å². The Morgan fingerprint density at radius 2 is 1.75 bits per heavy atom. The van der Waals surface area contributed by atoms with Gasteiger partial charge in [-0.1, -0.05) is 24.3 Å². The van der Waals surface area contributed by atoms with E-state index in [-0.39, 0.29) is 5.82 Å². The van der Waals surface area contributed by atoms with Gasteiger partial charge in [-0.2, -0.15) is 4.52 Å². The number of hydrogen-bond donors (Lipinski definition) is 1. The summed E-state index contributed by atoms with van der Waals surface area (Å²) in [7, 11) is 1.60. The molecule has 0 aliphatic heterocycles. The maximum Gasteiger partial charge on any atom is 0.188 e. The van der Waals surface area contributed by atoms with E-state index in [1.54, 1.807) is 37.4 Å². The number of ether oxygens (including phenoxy) is 2. The number of anilines is 1. The monoisotopic (exact) mass is 379 g/mol. The van der Waals surface area contributed by atoms with Gasteiger partial charge in [-0.15, -0.1) is 15.3 Å². The van der Waals surface area contributed by atoms with Crippen LogP contribution in [0.15, 0.2) is 60.7 Å². The number of methoxy groups -OCH3 is 1. The Morgan fingerprint density at radius 3 is 2.57 bits per heavy atom. The van der Waals surface area contributed by atoms with Gasteiger partial charge in [-0.25, -0.2) is 4.39 Å². The highest BCUT2D eigenvalue weighted by atomic mass is 19.1. The van der Waals surface area contributed by atoms with Crippen molar-refractivity contribution in [3.05, 3.63) is 66.5 Å². The molecule has 28 heavy (non-hydrogen) atoms. The van der Waals surface area contributed by atoms with E-state index in [9.17, 15) is 4.39 Å². The van der Waals surface area contributed by atoms with Gasteiger partial charge in [0.05, 0.1) is 19.2 Å². The van der Waals surface area contributed by atoms with Crippen molar-refractivity contribution in [3.63, 3.8) is 0 Å². The molecular weight excluding hydrogens is 361 g/mol. The minimum absolute atomic E-state index is 0.346. The van der Waals surface area contributed by atoms with Crippen molar-refractivity contribution >= 4 is 11.5 Å². The fourth-order valence-corrected chi connectivity index (χ4v) is 2.77. The molecular formula is C20H18FN5O2. The average molecular weight is 379 g/mol. The second-order valence-electron chi connectivity index (χ2n) is 5.92. The summed E-state index contributed by atoms with van der Waals surface area (Å²) < 4.78 is 26.6. The molecule has 0 amide bonds. The number of benzene rings is 2. The Kier molecular flexibility index (Phi) is 5.01. The second kappa shape index (κ2) is 7.91. The van der Waals surface area contributed by atoms with Crippen LogP contribution in [0.5, 0.6) is 11.5 Å². The molecule has 0 aliphatic rings. The Balaban J connectivity index is 1.46. The zero-order valence-electron chi connectivity index (χ0n) is 15.2. The normalized spacial score (nSPS) is 10.8. The van der Waals surface area contributed by atoms with Gasteiger partial charge in [0.15, 0.2) is 23.0 Å². The first-order valence-corrected chi connectivity index (χ1v) is 8.73. The summed E-state index contributed by atoms with van der Waals surface area (Å²) in [4.78, 5) is 0. The minimum atomic E-state index is -0.373. The first-order valence-electron chi connectivity index (χ1n) is 8.73. The van der Waals surface area contributed by atoms with Gasteiger partial charge in [-0.3, -0.25) is 0 Å². The molecule has 0 unspecified atom stereocenters. The first kappa shape index (κ1) is 17.7. The van der Waals surface area contributed by atoms with Gasteiger partial charge < -0.3 is 14.8 Å². The van der Waals surface area contributed by atoms with Crippen LogP contribution in [0.4, 0.5) is 10.2 Å². The zero-order valence-corrected chi connectivity index (χ0v) is 15.2. The van der Waals surface area contributed by atoms with Crippen molar-refractivity contribution in [1.82, 2.24) is 19.8 Å². The Labute approximate surface area is 160 Å². The third kappa shape index (κ3) is 3.57. The molecule has 4 aromatic rings. The van der Waals surface area contributed by atoms with E-state index in [2.05, 4.69) is 20.6 Å². The molecule has 0 fully saturated rings. The van der Waals surface area contributed by atoms with Crippen LogP contribution < -0.4 is 14.8 Å². The van der Waals surface area contributed by atoms with Crippen molar-refractivity contribution in [3.8, 4) is 22.9 Å². The SMILES string of the molecule is COc1ccccc1OCCNc1ccc2nnc(-c3ccccc3F)n2n1. The van der Waals surface area contributed by atoms with E-state index in [1.165, 1.54) is 10.6 Å². The summed E-state index contributed by atoms with van der Waals surface area (Å²) in [5.41, 5.74) is 0.883. The lowest BCUT2D eigenvalue weighted by atomic mass is 10.2. The Bertz CT molecular complexity index is 1100. The van der Waals surface area contributed by atoms with Crippen molar-refractivity contribution < 1.29 is 13.9 Å². The van der Waals surface area contributed by atoms with Crippen LogP contribution in [0.25, 0.3) is 17.0 Å². The largest absolute Gasteiger partial charge is 0.493 e. The van der Waals surface area contributed by atoms with Crippen molar-refractivity contribution in [2.75, 3.05) is 25.6 Å². The second-order valence-corrected chi connectivity index (χ2v) is 5.92. The van der Waals surface area contributed by atoms with E-state index in [0.717, 1.165) is 0 Å². The Morgan fingerprint density at radius 1 is 0.964 bits per heavy atom. The number of hydrogen-bond acceptors (Lipinski definition) is 6. The fourth-order valence-electron chi connectivity index (χ4n) is 2.77. The molecule has 1 N–H and O–H groups in total. The van der Waals surface area contributed by atoms with Crippen LogP contribution in [0.2, 0.25) is 0 Å². The summed E-state index contributed by atoms with van der Waals surface area (Å²) in [5, 5.41) is 15.8. The quantitative estimate of drug-likeness (QED) is 0.496. The van der Waals surface area contributed by atoms with Gasteiger partial charge in [0.25, 0.3) is 0 Å². The highest BCUT2D eigenvalue weighted by Gasteiger charge is 2.13. The van der Waals surface area contributed by atoms with Crippen molar-refractivity contribution in [1.29, 1.82) is 0 Å². The maximum absolute atomic E-state index is 14.1. The molecule has 0 saturated carbocycles. The smallest absolute Gasteiger partial charge is 0.188 e. The number of para-hydroxylation sites is 2. The predicted molar refractivity (Wildman–Crippen MR) is 103 cm³/mol. The van der Waals surface area contributed by atoms with Crippen molar-refractivity contribution in [2.45, 2.75) is 0 Å². The van der Waals surface area contributed by atoms with E-state index in [1.807, 2.05) is 24.3 Å². The molecule has 142 valence electrons. The molecule has 8 heteroatoms. The average Bonchev–Trinajstić information content (AvgIpc) is 3.15. The predicted octanol–water partition coefficient (Wildman–Crippen LogP) is 3.43. The molecule has 0 atom stereocenters. The van der Waals surface area contributed by atoms with Gasteiger partial charge >= 0.3 is 0 Å². The molecule has 0 spiro atoms. The van der Waals surface area contributed by atoms with E-state index >= 15 is 0 Å². The Hall–Kier alpha value is -3.68. The summed E-state index contributed by atoms with van der Waals surface area (Å²) in [6.07, 6.45) is 0. The third-order valence-electron chi connectivity index (χ3n) is 4.11. The minimum Gasteiger partial charge on any atom is -0.493 e. The van der Waals surface area contributed by atoms with Gasteiger partial charge in [0.1, 0.15) is 18.2 Å².